The standard InChI is InChI=1S/C11H15ClN2S/c1-2-3-6-14-10-5-4-8(11(13)15)7-9(10)12/h4-5,7,14H,2-3,6H2,1H3,(H2,13,15). The van der Waals surface area contributed by atoms with Crippen molar-refractivity contribution in [1.82, 2.24) is 0 Å². The van der Waals surface area contributed by atoms with Crippen molar-refractivity contribution >= 4 is 34.5 Å². The van der Waals surface area contributed by atoms with Crippen molar-refractivity contribution in [3.63, 3.8) is 0 Å². The first-order valence-corrected chi connectivity index (χ1v) is 5.77. The van der Waals surface area contributed by atoms with E-state index in [9.17, 15) is 0 Å². The largest absolute Gasteiger partial charge is 0.389 e. The monoisotopic (exact) mass is 242 g/mol. The summed E-state index contributed by atoms with van der Waals surface area (Å²) >= 11 is 10.9. The van der Waals surface area contributed by atoms with E-state index in [-0.39, 0.29) is 0 Å². The predicted molar refractivity (Wildman–Crippen MR) is 70.7 cm³/mol. The summed E-state index contributed by atoms with van der Waals surface area (Å²) in [6.07, 6.45) is 2.29. The van der Waals surface area contributed by atoms with Gasteiger partial charge in [-0.1, -0.05) is 37.2 Å². The Bertz CT molecular complexity index is 352. The number of hydrogen-bond acceptors (Lipinski definition) is 2. The van der Waals surface area contributed by atoms with Gasteiger partial charge in [0.25, 0.3) is 0 Å². The highest BCUT2D eigenvalue weighted by Gasteiger charge is 2.02. The van der Waals surface area contributed by atoms with Crippen LogP contribution in [0.4, 0.5) is 5.69 Å². The third-order valence-corrected chi connectivity index (χ3v) is 2.65. The van der Waals surface area contributed by atoms with Gasteiger partial charge in [-0.15, -0.1) is 0 Å². The number of anilines is 1. The van der Waals surface area contributed by atoms with Crippen molar-refractivity contribution in [3.05, 3.63) is 28.8 Å². The lowest BCUT2D eigenvalue weighted by Crippen LogP contribution is -2.09. The third-order valence-electron chi connectivity index (χ3n) is 2.10. The highest BCUT2D eigenvalue weighted by molar-refractivity contribution is 7.80. The van der Waals surface area contributed by atoms with Gasteiger partial charge >= 0.3 is 0 Å². The van der Waals surface area contributed by atoms with Crippen LogP contribution in [0.1, 0.15) is 25.3 Å². The number of rotatable bonds is 5. The Hall–Kier alpha value is -0.800. The molecule has 0 bridgehead atoms. The van der Waals surface area contributed by atoms with E-state index in [1.807, 2.05) is 12.1 Å². The summed E-state index contributed by atoms with van der Waals surface area (Å²) in [7, 11) is 0. The molecule has 0 unspecified atom stereocenters. The van der Waals surface area contributed by atoms with Gasteiger partial charge in [0.05, 0.1) is 10.7 Å². The molecule has 0 saturated carbocycles. The highest BCUT2D eigenvalue weighted by Crippen LogP contribution is 2.22. The maximum Gasteiger partial charge on any atom is 0.104 e. The number of unbranched alkanes of at least 4 members (excludes halogenated alkanes) is 1. The van der Waals surface area contributed by atoms with E-state index in [0.717, 1.165) is 30.6 Å². The van der Waals surface area contributed by atoms with Crippen molar-refractivity contribution in [2.75, 3.05) is 11.9 Å². The van der Waals surface area contributed by atoms with Crippen LogP contribution in [0.5, 0.6) is 0 Å². The Kier molecular flexibility index (Phi) is 4.85. The Morgan fingerprint density at radius 3 is 2.80 bits per heavy atom. The first-order chi connectivity index (χ1) is 7.15. The molecule has 1 aromatic rings. The minimum Gasteiger partial charge on any atom is -0.389 e. The van der Waals surface area contributed by atoms with Crippen LogP contribution in [0.15, 0.2) is 18.2 Å². The summed E-state index contributed by atoms with van der Waals surface area (Å²) in [5.41, 5.74) is 7.24. The van der Waals surface area contributed by atoms with Crippen LogP contribution in [-0.4, -0.2) is 11.5 Å². The topological polar surface area (TPSA) is 38.0 Å². The van der Waals surface area contributed by atoms with Gasteiger partial charge in [-0.3, -0.25) is 0 Å². The van der Waals surface area contributed by atoms with Crippen LogP contribution in [0.25, 0.3) is 0 Å². The fourth-order valence-corrected chi connectivity index (χ4v) is 1.59. The molecule has 1 rings (SSSR count). The molecular weight excluding hydrogens is 228 g/mol. The Morgan fingerprint density at radius 1 is 1.53 bits per heavy atom. The minimum atomic E-state index is 0.372. The summed E-state index contributed by atoms with van der Waals surface area (Å²) in [5.74, 6) is 0. The zero-order chi connectivity index (χ0) is 11.3. The fraction of sp³-hybridized carbons (Fsp3) is 0.364. The second-order valence-corrected chi connectivity index (χ2v) is 4.19. The number of hydrogen-bond donors (Lipinski definition) is 2. The second kappa shape index (κ2) is 5.93. The van der Waals surface area contributed by atoms with Gasteiger partial charge in [0.1, 0.15) is 4.99 Å². The lowest BCUT2D eigenvalue weighted by atomic mass is 10.2. The van der Waals surface area contributed by atoms with Crippen LogP contribution in [-0.2, 0) is 0 Å². The molecule has 0 atom stereocenters. The Balaban J connectivity index is 2.70. The number of nitrogens with two attached hydrogens (primary N) is 1. The Morgan fingerprint density at radius 2 is 2.27 bits per heavy atom. The lowest BCUT2D eigenvalue weighted by molar-refractivity contribution is 0.834. The second-order valence-electron chi connectivity index (χ2n) is 3.34. The van der Waals surface area contributed by atoms with E-state index < -0.39 is 0 Å². The zero-order valence-corrected chi connectivity index (χ0v) is 10.3. The molecule has 3 N–H and O–H groups in total. The molecule has 2 nitrogen and oxygen atoms in total. The molecule has 0 aliphatic heterocycles. The molecule has 0 aliphatic carbocycles. The molecule has 1 aromatic carbocycles. The molecule has 0 aromatic heterocycles. The molecule has 0 heterocycles. The smallest absolute Gasteiger partial charge is 0.104 e. The van der Waals surface area contributed by atoms with Gasteiger partial charge in [-0.05, 0) is 24.6 Å². The van der Waals surface area contributed by atoms with Gasteiger partial charge in [0.2, 0.25) is 0 Å². The van der Waals surface area contributed by atoms with E-state index in [4.69, 9.17) is 29.6 Å². The van der Waals surface area contributed by atoms with Gasteiger partial charge in [-0.2, -0.15) is 0 Å². The van der Waals surface area contributed by atoms with Crippen molar-refractivity contribution in [1.29, 1.82) is 0 Å². The van der Waals surface area contributed by atoms with Crippen molar-refractivity contribution < 1.29 is 0 Å². The number of thiocarbonyl (C=S) groups is 1. The molecule has 0 fully saturated rings. The average molecular weight is 243 g/mol. The maximum absolute atomic E-state index is 6.07. The number of nitrogens with one attached hydrogen (secondary N) is 1. The summed E-state index contributed by atoms with van der Waals surface area (Å²) < 4.78 is 0. The molecule has 82 valence electrons. The van der Waals surface area contributed by atoms with E-state index in [2.05, 4.69) is 12.2 Å². The summed E-state index contributed by atoms with van der Waals surface area (Å²) in [5, 5.41) is 3.93. The van der Waals surface area contributed by atoms with Crippen LogP contribution < -0.4 is 11.1 Å². The molecule has 0 saturated heterocycles. The van der Waals surface area contributed by atoms with Gasteiger partial charge in [0, 0.05) is 12.1 Å². The first kappa shape index (κ1) is 12.3. The quantitative estimate of drug-likeness (QED) is 0.615. The normalized spacial score (nSPS) is 10.0. The number of benzene rings is 1. The van der Waals surface area contributed by atoms with Crippen LogP contribution >= 0.6 is 23.8 Å². The molecule has 0 amide bonds. The van der Waals surface area contributed by atoms with Crippen molar-refractivity contribution in [3.8, 4) is 0 Å². The maximum atomic E-state index is 6.07. The molecule has 0 radical (unpaired) electrons. The fourth-order valence-electron chi connectivity index (χ4n) is 1.21. The van der Waals surface area contributed by atoms with Crippen LogP contribution in [0.3, 0.4) is 0 Å². The average Bonchev–Trinajstić information content (AvgIpc) is 2.20. The van der Waals surface area contributed by atoms with Gasteiger partial charge in [0.15, 0.2) is 0 Å². The number of halogens is 1. The van der Waals surface area contributed by atoms with E-state index in [1.165, 1.54) is 0 Å². The van der Waals surface area contributed by atoms with E-state index >= 15 is 0 Å². The van der Waals surface area contributed by atoms with Crippen molar-refractivity contribution in [2.45, 2.75) is 19.8 Å². The molecule has 0 aliphatic rings. The summed E-state index contributed by atoms with van der Waals surface area (Å²) in [6.45, 7) is 3.09. The SMILES string of the molecule is CCCCNc1ccc(C(N)=S)cc1Cl. The van der Waals surface area contributed by atoms with Crippen LogP contribution in [0.2, 0.25) is 5.02 Å². The summed E-state index contributed by atoms with van der Waals surface area (Å²) in [6, 6.07) is 5.58. The predicted octanol–water partition coefficient (Wildman–Crippen LogP) is 3.19. The third kappa shape index (κ3) is 3.68. The Labute approximate surface area is 101 Å². The lowest BCUT2D eigenvalue weighted by Gasteiger charge is -2.08. The van der Waals surface area contributed by atoms with Gasteiger partial charge in [-0.25, -0.2) is 0 Å². The highest BCUT2D eigenvalue weighted by atomic mass is 35.5. The van der Waals surface area contributed by atoms with Crippen molar-refractivity contribution in [2.24, 2.45) is 5.73 Å². The minimum absolute atomic E-state index is 0.372. The van der Waals surface area contributed by atoms with E-state index in [0.29, 0.717) is 10.0 Å². The molecule has 0 spiro atoms. The van der Waals surface area contributed by atoms with E-state index in [1.54, 1.807) is 6.07 Å². The summed E-state index contributed by atoms with van der Waals surface area (Å²) in [4.78, 5) is 0.372. The van der Waals surface area contributed by atoms with Gasteiger partial charge < -0.3 is 11.1 Å². The zero-order valence-electron chi connectivity index (χ0n) is 8.72. The molecule has 15 heavy (non-hydrogen) atoms. The molecule has 4 heteroatoms. The first-order valence-electron chi connectivity index (χ1n) is 4.98. The molecular formula is C11H15ClN2S. The van der Waals surface area contributed by atoms with Crippen LogP contribution in [0, 0.1) is 0 Å².